The fourth-order valence-electron chi connectivity index (χ4n) is 1.92. The highest BCUT2D eigenvalue weighted by molar-refractivity contribution is 5.75. The Balaban J connectivity index is 2.01. The van der Waals surface area contributed by atoms with Crippen LogP contribution in [0.5, 0.6) is 0 Å². The van der Waals surface area contributed by atoms with E-state index in [0.29, 0.717) is 19.5 Å². The molecule has 0 unspecified atom stereocenters. The minimum atomic E-state index is -0.713. The summed E-state index contributed by atoms with van der Waals surface area (Å²) in [5.74, 6) is 0. The van der Waals surface area contributed by atoms with Gasteiger partial charge in [-0.15, -0.1) is 0 Å². The summed E-state index contributed by atoms with van der Waals surface area (Å²) in [6, 6.07) is -0.208. The van der Waals surface area contributed by atoms with Gasteiger partial charge in [-0.1, -0.05) is 12.2 Å². The van der Waals surface area contributed by atoms with Crippen LogP contribution in [0.15, 0.2) is 12.2 Å². The fraction of sp³-hybridized carbons (Fsp3) is 0.700. The van der Waals surface area contributed by atoms with E-state index in [1.54, 1.807) is 0 Å². The van der Waals surface area contributed by atoms with Crippen molar-refractivity contribution >= 4 is 6.03 Å². The lowest BCUT2D eigenvalue weighted by Crippen LogP contribution is -2.45. The number of rotatable bonds is 2. The number of hydrogen-bond acceptors (Lipinski definition) is 4. The van der Waals surface area contributed by atoms with Crippen molar-refractivity contribution in [3.05, 3.63) is 12.2 Å². The standard InChI is InChI=1S/C10H16N2O4/c13-6-8-7(14)5-9(16-8)12-4-2-1-3-11-10(12)15/h1-2,7-9,13-14H,3-6H2,(H,11,15)/t7-,8+,9+/m0/s1. The predicted octanol–water partition coefficient (Wildman–Crippen LogP) is -0.964. The molecule has 2 amide bonds. The maximum absolute atomic E-state index is 11.7. The first-order valence-electron chi connectivity index (χ1n) is 5.36. The van der Waals surface area contributed by atoms with E-state index in [-0.39, 0.29) is 12.6 Å². The van der Waals surface area contributed by atoms with Gasteiger partial charge in [0.15, 0.2) is 0 Å². The molecule has 0 saturated carbocycles. The van der Waals surface area contributed by atoms with Gasteiger partial charge in [0.2, 0.25) is 0 Å². The number of nitrogens with one attached hydrogen (secondary N) is 1. The van der Waals surface area contributed by atoms with Crippen LogP contribution < -0.4 is 5.32 Å². The normalized spacial score (nSPS) is 35.0. The number of nitrogens with zero attached hydrogens (tertiary/aromatic N) is 1. The zero-order valence-corrected chi connectivity index (χ0v) is 8.87. The highest BCUT2D eigenvalue weighted by Gasteiger charge is 2.38. The molecule has 0 aromatic heterocycles. The van der Waals surface area contributed by atoms with Crippen LogP contribution in [-0.2, 0) is 4.74 Å². The van der Waals surface area contributed by atoms with Gasteiger partial charge in [0.25, 0.3) is 0 Å². The third-order valence-electron chi connectivity index (χ3n) is 2.83. The molecule has 1 saturated heterocycles. The maximum Gasteiger partial charge on any atom is 0.319 e. The topological polar surface area (TPSA) is 82.0 Å². The number of carbonyl (C=O) groups excluding carboxylic acids is 1. The average molecular weight is 228 g/mol. The summed E-state index contributed by atoms with van der Waals surface area (Å²) in [6.45, 7) is 0.734. The van der Waals surface area contributed by atoms with Crippen LogP contribution in [0.2, 0.25) is 0 Å². The molecule has 0 aromatic carbocycles. The molecular weight excluding hydrogens is 212 g/mol. The van der Waals surface area contributed by atoms with Gasteiger partial charge < -0.3 is 20.3 Å². The summed E-state index contributed by atoms with van der Waals surface area (Å²) < 4.78 is 5.42. The van der Waals surface area contributed by atoms with E-state index in [9.17, 15) is 9.90 Å². The number of aliphatic hydroxyl groups excluding tert-OH is 2. The average Bonchev–Trinajstić information content (AvgIpc) is 2.50. The second-order valence-electron chi connectivity index (χ2n) is 3.92. The molecule has 2 heterocycles. The Morgan fingerprint density at radius 1 is 1.56 bits per heavy atom. The van der Waals surface area contributed by atoms with Crippen molar-refractivity contribution in [2.24, 2.45) is 0 Å². The van der Waals surface area contributed by atoms with Crippen molar-refractivity contribution in [3.8, 4) is 0 Å². The Kier molecular flexibility index (Phi) is 3.42. The lowest BCUT2D eigenvalue weighted by atomic mass is 10.2. The van der Waals surface area contributed by atoms with E-state index in [1.807, 2.05) is 12.2 Å². The number of aliphatic hydroxyl groups is 2. The van der Waals surface area contributed by atoms with E-state index in [2.05, 4.69) is 5.32 Å². The summed E-state index contributed by atoms with van der Waals surface area (Å²) in [7, 11) is 0. The second kappa shape index (κ2) is 4.82. The van der Waals surface area contributed by atoms with E-state index < -0.39 is 18.4 Å². The monoisotopic (exact) mass is 228 g/mol. The van der Waals surface area contributed by atoms with Gasteiger partial charge in [0, 0.05) is 19.5 Å². The van der Waals surface area contributed by atoms with Crippen LogP contribution in [0.1, 0.15) is 6.42 Å². The quantitative estimate of drug-likeness (QED) is 0.531. The first kappa shape index (κ1) is 11.4. The highest BCUT2D eigenvalue weighted by atomic mass is 16.5. The minimum absolute atomic E-state index is 0.208. The maximum atomic E-state index is 11.7. The molecule has 2 rings (SSSR count). The molecule has 3 atom stereocenters. The molecule has 0 radical (unpaired) electrons. The molecule has 90 valence electrons. The first-order chi connectivity index (χ1) is 7.72. The Hall–Kier alpha value is -1.11. The van der Waals surface area contributed by atoms with Gasteiger partial charge in [0.1, 0.15) is 12.3 Å². The van der Waals surface area contributed by atoms with Crippen LogP contribution in [0.25, 0.3) is 0 Å². The van der Waals surface area contributed by atoms with Gasteiger partial charge in [0.05, 0.1) is 12.7 Å². The lowest BCUT2D eigenvalue weighted by Gasteiger charge is -2.26. The number of amides is 2. The molecule has 0 aromatic rings. The van der Waals surface area contributed by atoms with E-state index in [4.69, 9.17) is 9.84 Å². The van der Waals surface area contributed by atoms with Crippen molar-refractivity contribution < 1.29 is 19.7 Å². The summed E-state index contributed by atoms with van der Waals surface area (Å²) in [5, 5.41) is 21.2. The van der Waals surface area contributed by atoms with Gasteiger partial charge >= 0.3 is 6.03 Å². The Morgan fingerprint density at radius 2 is 2.38 bits per heavy atom. The smallest absolute Gasteiger partial charge is 0.319 e. The van der Waals surface area contributed by atoms with Crippen molar-refractivity contribution in [3.63, 3.8) is 0 Å². The predicted molar refractivity (Wildman–Crippen MR) is 55.6 cm³/mol. The molecule has 2 aliphatic heterocycles. The zero-order valence-electron chi connectivity index (χ0n) is 8.87. The van der Waals surface area contributed by atoms with Crippen LogP contribution >= 0.6 is 0 Å². The number of carbonyl (C=O) groups is 1. The van der Waals surface area contributed by atoms with Crippen molar-refractivity contribution in [2.45, 2.75) is 24.9 Å². The SMILES string of the molecule is O=C1NCC=CCN1[C@H]1C[C@H](O)[C@@H](CO)O1. The summed E-state index contributed by atoms with van der Waals surface area (Å²) in [6.07, 6.45) is 2.31. The molecule has 0 bridgehead atoms. The molecule has 16 heavy (non-hydrogen) atoms. The van der Waals surface area contributed by atoms with E-state index in [0.717, 1.165) is 0 Å². The van der Waals surface area contributed by atoms with E-state index in [1.165, 1.54) is 4.90 Å². The third-order valence-corrected chi connectivity index (χ3v) is 2.83. The number of hydrogen-bond donors (Lipinski definition) is 3. The lowest BCUT2D eigenvalue weighted by molar-refractivity contribution is -0.0612. The van der Waals surface area contributed by atoms with Crippen molar-refractivity contribution in [1.29, 1.82) is 0 Å². The van der Waals surface area contributed by atoms with Crippen molar-refractivity contribution in [1.82, 2.24) is 10.2 Å². The fourth-order valence-corrected chi connectivity index (χ4v) is 1.92. The molecular formula is C10H16N2O4. The third kappa shape index (κ3) is 2.18. The molecule has 3 N–H and O–H groups in total. The van der Waals surface area contributed by atoms with Crippen LogP contribution in [-0.4, -0.2) is 59.3 Å². The largest absolute Gasteiger partial charge is 0.394 e. The molecule has 6 heteroatoms. The van der Waals surface area contributed by atoms with Crippen LogP contribution in [0.4, 0.5) is 4.79 Å². The molecule has 6 nitrogen and oxygen atoms in total. The summed E-state index contributed by atoms with van der Waals surface area (Å²) in [5.41, 5.74) is 0. The summed E-state index contributed by atoms with van der Waals surface area (Å²) in [4.78, 5) is 13.2. The Labute approximate surface area is 93.5 Å². The number of ether oxygens (including phenoxy) is 1. The first-order valence-corrected chi connectivity index (χ1v) is 5.36. The summed E-state index contributed by atoms with van der Waals surface area (Å²) >= 11 is 0. The van der Waals surface area contributed by atoms with Crippen LogP contribution in [0.3, 0.4) is 0 Å². The van der Waals surface area contributed by atoms with Gasteiger partial charge in [-0.05, 0) is 0 Å². The van der Waals surface area contributed by atoms with Crippen molar-refractivity contribution in [2.75, 3.05) is 19.7 Å². The molecule has 0 aliphatic carbocycles. The Morgan fingerprint density at radius 3 is 3.06 bits per heavy atom. The zero-order chi connectivity index (χ0) is 11.5. The second-order valence-corrected chi connectivity index (χ2v) is 3.92. The minimum Gasteiger partial charge on any atom is -0.394 e. The van der Waals surface area contributed by atoms with Crippen LogP contribution in [0, 0.1) is 0 Å². The van der Waals surface area contributed by atoms with Gasteiger partial charge in [-0.25, -0.2) is 4.79 Å². The molecule has 2 aliphatic rings. The Bertz CT molecular complexity index is 295. The highest BCUT2D eigenvalue weighted by Crippen LogP contribution is 2.23. The molecule has 1 fully saturated rings. The van der Waals surface area contributed by atoms with E-state index >= 15 is 0 Å². The van der Waals surface area contributed by atoms with Gasteiger partial charge in [-0.3, -0.25) is 4.90 Å². The number of urea groups is 1. The van der Waals surface area contributed by atoms with Gasteiger partial charge in [-0.2, -0.15) is 0 Å². The molecule has 0 spiro atoms.